The van der Waals surface area contributed by atoms with Crippen LogP contribution in [0.5, 0.6) is 0 Å². The number of ether oxygens (including phenoxy) is 1. The lowest BCUT2D eigenvalue weighted by Crippen LogP contribution is -2.23. The van der Waals surface area contributed by atoms with Crippen LogP contribution in [0, 0.1) is 18.3 Å². The summed E-state index contributed by atoms with van der Waals surface area (Å²) in [5, 5.41) is 21.7. The van der Waals surface area contributed by atoms with Crippen LogP contribution >= 0.6 is 23.1 Å². The van der Waals surface area contributed by atoms with Crippen molar-refractivity contribution in [1.82, 2.24) is 14.8 Å². The van der Waals surface area contributed by atoms with Crippen molar-refractivity contribution >= 4 is 34.8 Å². The number of carbonyl (C=O) groups is 1. The number of nitriles is 1. The smallest absolute Gasteiger partial charge is 0.235 e. The number of carbonyl (C=O) groups excluding carboxylic acids is 1. The lowest BCUT2D eigenvalue weighted by Gasteiger charge is -2.19. The van der Waals surface area contributed by atoms with Crippen molar-refractivity contribution in [2.45, 2.75) is 62.4 Å². The predicted octanol–water partition coefficient (Wildman–Crippen LogP) is 3.31. The van der Waals surface area contributed by atoms with Gasteiger partial charge in [-0.3, -0.25) is 4.79 Å². The summed E-state index contributed by atoms with van der Waals surface area (Å²) >= 11 is 2.85. The molecule has 28 heavy (non-hydrogen) atoms. The largest absolute Gasteiger partial charge is 0.376 e. The molecule has 7 nitrogen and oxygen atoms in total. The van der Waals surface area contributed by atoms with Crippen LogP contribution in [0.3, 0.4) is 0 Å². The lowest BCUT2D eigenvalue weighted by molar-refractivity contribution is -0.113. The van der Waals surface area contributed by atoms with Crippen molar-refractivity contribution in [3.63, 3.8) is 0 Å². The molecule has 2 aromatic rings. The van der Waals surface area contributed by atoms with Crippen LogP contribution in [0.15, 0.2) is 4.34 Å². The highest BCUT2D eigenvalue weighted by Crippen LogP contribution is 2.34. The first-order valence-corrected chi connectivity index (χ1v) is 11.4. The maximum Gasteiger partial charge on any atom is 0.235 e. The summed E-state index contributed by atoms with van der Waals surface area (Å²) in [5.74, 6) is 0.761. The molecule has 1 aliphatic carbocycles. The van der Waals surface area contributed by atoms with E-state index in [2.05, 4.69) is 26.2 Å². The van der Waals surface area contributed by atoms with Crippen LogP contribution in [-0.2, 0) is 28.9 Å². The molecule has 2 aromatic heterocycles. The molecule has 1 fully saturated rings. The fraction of sp³-hybridized carbons (Fsp3) is 0.579. The van der Waals surface area contributed by atoms with E-state index in [0.29, 0.717) is 17.9 Å². The maximum absolute atomic E-state index is 12.6. The predicted molar refractivity (Wildman–Crippen MR) is 109 cm³/mol. The second-order valence-electron chi connectivity index (χ2n) is 7.14. The van der Waals surface area contributed by atoms with E-state index in [0.717, 1.165) is 60.0 Å². The Balaban J connectivity index is 1.56. The Bertz CT molecular complexity index is 908. The topological polar surface area (TPSA) is 92.8 Å². The van der Waals surface area contributed by atoms with Gasteiger partial charge >= 0.3 is 0 Å². The Kier molecular flexibility index (Phi) is 5.99. The third kappa shape index (κ3) is 4.09. The third-order valence-electron chi connectivity index (χ3n) is 5.19. The van der Waals surface area contributed by atoms with Crippen LogP contribution in [0.1, 0.15) is 47.5 Å². The molecule has 3 heterocycles. The molecule has 0 saturated carbocycles. The Labute approximate surface area is 172 Å². The van der Waals surface area contributed by atoms with Gasteiger partial charge in [-0.05, 0) is 51.0 Å². The van der Waals surface area contributed by atoms with Gasteiger partial charge < -0.3 is 14.6 Å². The summed E-state index contributed by atoms with van der Waals surface area (Å²) in [5.41, 5.74) is 2.92. The fourth-order valence-corrected chi connectivity index (χ4v) is 5.56. The first-order chi connectivity index (χ1) is 13.7. The molecule has 0 aromatic carbocycles. The number of nitrogens with zero attached hydrogens (tertiary/aromatic N) is 4. The monoisotopic (exact) mass is 417 g/mol. The molecule has 1 amide bonds. The molecule has 1 aliphatic heterocycles. The van der Waals surface area contributed by atoms with E-state index in [1.165, 1.54) is 28.8 Å². The molecular formula is C19H23N5O2S2. The molecule has 1 unspecified atom stereocenters. The summed E-state index contributed by atoms with van der Waals surface area (Å²) in [6, 6.07) is 2.35. The van der Waals surface area contributed by atoms with Gasteiger partial charge in [-0.1, -0.05) is 23.1 Å². The van der Waals surface area contributed by atoms with Crippen molar-refractivity contribution in [1.29, 1.82) is 5.26 Å². The van der Waals surface area contributed by atoms with Gasteiger partial charge in [0.15, 0.2) is 4.34 Å². The van der Waals surface area contributed by atoms with E-state index in [-0.39, 0.29) is 17.8 Å². The number of amides is 1. The Hall–Kier alpha value is -1.89. The summed E-state index contributed by atoms with van der Waals surface area (Å²) in [4.78, 5) is 12.6. The quantitative estimate of drug-likeness (QED) is 0.725. The molecule has 0 radical (unpaired) electrons. The van der Waals surface area contributed by atoms with E-state index < -0.39 is 0 Å². The molecule has 2 aliphatic rings. The fourth-order valence-electron chi connectivity index (χ4n) is 3.95. The summed E-state index contributed by atoms with van der Waals surface area (Å²) in [6.07, 6.45) is 6.30. The zero-order valence-electron chi connectivity index (χ0n) is 15.9. The first kappa shape index (κ1) is 19.4. The number of nitrogens with one attached hydrogen (secondary N) is 1. The first-order valence-electron chi connectivity index (χ1n) is 9.64. The molecule has 148 valence electrons. The van der Waals surface area contributed by atoms with E-state index >= 15 is 0 Å². The zero-order chi connectivity index (χ0) is 19.5. The summed E-state index contributed by atoms with van der Waals surface area (Å²) in [6.45, 7) is 3.38. The van der Waals surface area contributed by atoms with Crippen LogP contribution in [0.2, 0.25) is 0 Å². The van der Waals surface area contributed by atoms with E-state index in [1.54, 1.807) is 0 Å². The maximum atomic E-state index is 12.6. The molecule has 0 spiro atoms. The van der Waals surface area contributed by atoms with Crippen molar-refractivity contribution in [3.8, 4) is 6.07 Å². The number of anilines is 1. The van der Waals surface area contributed by atoms with E-state index in [1.807, 2.05) is 6.92 Å². The van der Waals surface area contributed by atoms with E-state index in [9.17, 15) is 10.1 Å². The molecule has 0 bridgehead atoms. The Morgan fingerprint density at radius 2 is 2.25 bits per heavy atom. The number of aryl methyl sites for hydroxylation is 1. The highest BCUT2D eigenvalue weighted by atomic mass is 32.2. The van der Waals surface area contributed by atoms with E-state index in [4.69, 9.17) is 4.74 Å². The lowest BCUT2D eigenvalue weighted by atomic mass is 9.95. The SMILES string of the molecule is Cc1nnc(SCC(=O)Nc2c(C#N)c3c(n2CC2CCCO2)CCCC3)s1. The van der Waals surface area contributed by atoms with Gasteiger partial charge in [0.2, 0.25) is 5.91 Å². The molecule has 1 N–H and O–H groups in total. The van der Waals surface area contributed by atoms with Crippen LogP contribution in [-0.4, -0.2) is 39.1 Å². The molecule has 9 heteroatoms. The van der Waals surface area contributed by atoms with Gasteiger partial charge in [-0.25, -0.2) is 0 Å². The van der Waals surface area contributed by atoms with Crippen LogP contribution < -0.4 is 5.32 Å². The van der Waals surface area contributed by atoms with Gasteiger partial charge in [-0.15, -0.1) is 10.2 Å². The van der Waals surface area contributed by atoms with Crippen molar-refractivity contribution in [3.05, 3.63) is 21.8 Å². The minimum Gasteiger partial charge on any atom is -0.376 e. The van der Waals surface area contributed by atoms with Gasteiger partial charge in [0.05, 0.1) is 24.0 Å². The Morgan fingerprint density at radius 1 is 1.39 bits per heavy atom. The van der Waals surface area contributed by atoms with Gasteiger partial charge in [0.25, 0.3) is 0 Å². The standard InChI is InChI=1S/C19H23N5O2S2/c1-12-22-23-19(28-12)27-11-17(25)21-18-15(9-20)14-6-2-3-7-16(14)24(18)10-13-5-4-8-26-13/h13H,2-8,10-11H2,1H3,(H,21,25). The number of aromatic nitrogens is 3. The highest BCUT2D eigenvalue weighted by Gasteiger charge is 2.28. The minimum atomic E-state index is -0.127. The number of fused-ring (bicyclic) bond motifs is 1. The minimum absolute atomic E-state index is 0.127. The van der Waals surface area contributed by atoms with Crippen LogP contribution in [0.25, 0.3) is 0 Å². The summed E-state index contributed by atoms with van der Waals surface area (Å²) in [7, 11) is 0. The number of hydrogen-bond acceptors (Lipinski definition) is 7. The Morgan fingerprint density at radius 3 is 2.96 bits per heavy atom. The van der Waals surface area contributed by atoms with Crippen molar-refractivity contribution in [2.24, 2.45) is 0 Å². The molecule has 4 rings (SSSR count). The number of rotatable bonds is 6. The van der Waals surface area contributed by atoms with Gasteiger partial charge in [0, 0.05) is 12.3 Å². The van der Waals surface area contributed by atoms with Gasteiger partial charge in [0.1, 0.15) is 16.9 Å². The van der Waals surface area contributed by atoms with Crippen LogP contribution in [0.4, 0.5) is 5.82 Å². The molecule has 1 saturated heterocycles. The second-order valence-corrected chi connectivity index (χ2v) is 9.54. The molecular weight excluding hydrogens is 394 g/mol. The average Bonchev–Trinajstić information content (AvgIpc) is 3.41. The van der Waals surface area contributed by atoms with Crippen molar-refractivity contribution < 1.29 is 9.53 Å². The highest BCUT2D eigenvalue weighted by molar-refractivity contribution is 8.01. The summed E-state index contributed by atoms with van der Waals surface area (Å²) < 4.78 is 8.74. The average molecular weight is 418 g/mol. The number of hydrogen-bond donors (Lipinski definition) is 1. The normalized spacial score (nSPS) is 18.6. The third-order valence-corrected chi connectivity index (χ3v) is 7.16. The van der Waals surface area contributed by atoms with Crippen molar-refractivity contribution in [2.75, 3.05) is 17.7 Å². The zero-order valence-corrected chi connectivity index (χ0v) is 17.5. The second kappa shape index (κ2) is 8.64. The molecule has 1 atom stereocenters. The number of thioether (sulfide) groups is 1. The van der Waals surface area contributed by atoms with Gasteiger partial charge in [-0.2, -0.15) is 5.26 Å².